The number of ether oxygens (including phenoxy) is 1. The van der Waals surface area contributed by atoms with Gasteiger partial charge in [0.25, 0.3) is 11.5 Å². The number of allylic oxidation sites excluding steroid dienone is 1. The second-order valence-electron chi connectivity index (χ2n) is 7.87. The molecule has 4 rings (SSSR count). The minimum Gasteiger partial charge on any atom is -0.462 e. The van der Waals surface area contributed by atoms with Crippen molar-refractivity contribution in [3.05, 3.63) is 73.5 Å². The minimum absolute atomic E-state index is 0.225. The number of pyridine rings is 1. The lowest BCUT2D eigenvalue weighted by atomic mass is 9.95. The third kappa shape index (κ3) is 4.34. The molecule has 0 bridgehead atoms. The molecule has 176 valence electrons. The first kappa shape index (κ1) is 23.7. The minimum atomic E-state index is -0.782. The van der Waals surface area contributed by atoms with Crippen LogP contribution in [0.2, 0.25) is 0 Å². The third-order valence-electron chi connectivity index (χ3n) is 5.70. The van der Waals surface area contributed by atoms with Gasteiger partial charge in [-0.15, -0.1) is 11.3 Å². The van der Waals surface area contributed by atoms with Gasteiger partial charge in [-0.3, -0.25) is 9.59 Å². The Hall–Kier alpha value is -3.50. The first-order valence-corrected chi connectivity index (χ1v) is 11.9. The first-order valence-electron chi connectivity index (χ1n) is 10.7. The van der Waals surface area contributed by atoms with E-state index < -0.39 is 17.9 Å². The average molecular weight is 497 g/mol. The third-order valence-corrected chi connectivity index (χ3v) is 7.04. The number of aryl methyl sites for hydroxylation is 1. The molecule has 0 spiro atoms. The predicted octanol–water partition coefficient (Wildman–Crippen LogP) is 3.81. The molecule has 34 heavy (non-hydrogen) atoms. The van der Waals surface area contributed by atoms with Crippen LogP contribution >= 0.6 is 23.6 Å². The number of amides is 1. The van der Waals surface area contributed by atoms with E-state index in [-0.39, 0.29) is 12.2 Å². The summed E-state index contributed by atoms with van der Waals surface area (Å²) in [6, 6.07) is 8.38. The number of fused-ring (bicyclic) bond motifs is 1. The summed E-state index contributed by atoms with van der Waals surface area (Å²) in [5.41, 5.74) is 2.64. The molecule has 3 aromatic rings. The second kappa shape index (κ2) is 9.40. The highest BCUT2D eigenvalue weighted by molar-refractivity contribution is 7.80. The van der Waals surface area contributed by atoms with E-state index in [0.717, 1.165) is 15.8 Å². The number of rotatable bonds is 5. The summed E-state index contributed by atoms with van der Waals surface area (Å²) in [5.74, 6) is -0.946. The molecule has 1 atom stereocenters. The molecule has 1 unspecified atom stereocenters. The molecule has 4 N–H and O–H groups in total. The monoisotopic (exact) mass is 496 g/mol. The van der Waals surface area contributed by atoms with E-state index in [9.17, 15) is 14.4 Å². The SMILES string of the molecule is CCOC(=O)c1c(NC(=O)C2=C(C)NC(=S)NC2c2cc3ccccc3[nH]c2=O)sc(C)c1C. The maximum atomic E-state index is 13.5. The van der Waals surface area contributed by atoms with E-state index in [2.05, 4.69) is 20.9 Å². The summed E-state index contributed by atoms with van der Waals surface area (Å²) in [4.78, 5) is 42.8. The highest BCUT2D eigenvalue weighted by atomic mass is 32.1. The van der Waals surface area contributed by atoms with Gasteiger partial charge in [0.2, 0.25) is 0 Å². The topological polar surface area (TPSA) is 112 Å². The van der Waals surface area contributed by atoms with Crippen LogP contribution in [-0.4, -0.2) is 28.6 Å². The molecule has 10 heteroatoms. The van der Waals surface area contributed by atoms with E-state index in [1.165, 1.54) is 11.3 Å². The molecule has 0 saturated heterocycles. The summed E-state index contributed by atoms with van der Waals surface area (Å²) in [6.45, 7) is 7.37. The Kier molecular flexibility index (Phi) is 6.54. The van der Waals surface area contributed by atoms with Gasteiger partial charge in [0, 0.05) is 21.7 Å². The molecule has 1 aromatic carbocycles. The maximum Gasteiger partial charge on any atom is 0.341 e. The number of H-pyrrole nitrogens is 1. The Balaban J connectivity index is 1.76. The van der Waals surface area contributed by atoms with E-state index in [1.807, 2.05) is 38.1 Å². The smallest absolute Gasteiger partial charge is 0.341 e. The van der Waals surface area contributed by atoms with Crippen LogP contribution in [-0.2, 0) is 9.53 Å². The number of thiophene rings is 1. The molecule has 2 aromatic heterocycles. The molecule has 3 heterocycles. The van der Waals surface area contributed by atoms with Gasteiger partial charge in [-0.1, -0.05) is 18.2 Å². The molecule has 1 aliphatic rings. The summed E-state index contributed by atoms with van der Waals surface area (Å²) < 4.78 is 5.19. The normalized spacial score (nSPS) is 15.6. The van der Waals surface area contributed by atoms with Crippen LogP contribution in [0, 0.1) is 13.8 Å². The lowest BCUT2D eigenvalue weighted by molar-refractivity contribution is -0.113. The van der Waals surface area contributed by atoms with Crippen molar-refractivity contribution in [1.29, 1.82) is 0 Å². The zero-order chi connectivity index (χ0) is 24.6. The first-order chi connectivity index (χ1) is 16.2. The highest BCUT2D eigenvalue weighted by Gasteiger charge is 2.33. The number of hydrogen-bond acceptors (Lipinski definition) is 6. The van der Waals surface area contributed by atoms with Gasteiger partial charge in [-0.2, -0.15) is 0 Å². The molecule has 1 amide bonds. The summed E-state index contributed by atoms with van der Waals surface area (Å²) in [6.07, 6.45) is 0. The maximum absolute atomic E-state index is 13.5. The van der Waals surface area contributed by atoms with Gasteiger partial charge < -0.3 is 25.7 Å². The number of benzene rings is 1. The van der Waals surface area contributed by atoms with Crippen molar-refractivity contribution < 1.29 is 14.3 Å². The number of aromatic amines is 1. The standard InChI is InChI=1S/C24H24N4O4S2/c1-5-32-23(31)17-11(2)13(4)34-22(17)28-21(30)18-12(3)25-24(33)27-19(18)15-10-14-8-6-7-9-16(14)26-20(15)29/h6-10,19H,5H2,1-4H3,(H,26,29)(H,28,30)(H2,25,27,33). The zero-order valence-electron chi connectivity index (χ0n) is 19.1. The summed E-state index contributed by atoms with van der Waals surface area (Å²) >= 11 is 6.61. The van der Waals surface area contributed by atoms with Crippen molar-refractivity contribution in [2.75, 3.05) is 11.9 Å². The van der Waals surface area contributed by atoms with Gasteiger partial charge in [-0.25, -0.2) is 4.79 Å². The quantitative estimate of drug-likeness (QED) is 0.314. The number of anilines is 1. The number of para-hydroxylation sites is 1. The van der Waals surface area contributed by atoms with Crippen molar-refractivity contribution >= 4 is 56.4 Å². The van der Waals surface area contributed by atoms with Crippen LogP contribution in [0.25, 0.3) is 10.9 Å². The Labute approximate surface area is 205 Å². The van der Waals surface area contributed by atoms with Crippen molar-refractivity contribution in [3.8, 4) is 0 Å². The van der Waals surface area contributed by atoms with Crippen molar-refractivity contribution in [1.82, 2.24) is 15.6 Å². The number of aromatic nitrogens is 1. The molecule has 0 aliphatic carbocycles. The largest absolute Gasteiger partial charge is 0.462 e. The Morgan fingerprint density at radius 1 is 1.21 bits per heavy atom. The molecule has 8 nitrogen and oxygen atoms in total. The van der Waals surface area contributed by atoms with Crippen LogP contribution in [0.5, 0.6) is 0 Å². The average Bonchev–Trinajstić information content (AvgIpc) is 3.05. The zero-order valence-corrected chi connectivity index (χ0v) is 20.8. The van der Waals surface area contributed by atoms with Gasteiger partial charge >= 0.3 is 5.97 Å². The second-order valence-corrected chi connectivity index (χ2v) is 9.51. The fourth-order valence-corrected chi connectivity index (χ4v) is 5.26. The number of nitrogens with one attached hydrogen (secondary N) is 4. The van der Waals surface area contributed by atoms with E-state index in [1.54, 1.807) is 19.9 Å². The number of hydrogen-bond donors (Lipinski definition) is 4. The van der Waals surface area contributed by atoms with Crippen LogP contribution in [0.4, 0.5) is 5.00 Å². The van der Waals surface area contributed by atoms with Gasteiger partial charge in [0.1, 0.15) is 5.00 Å². The lowest BCUT2D eigenvalue weighted by Gasteiger charge is -2.30. The number of carbonyl (C=O) groups excluding carboxylic acids is 2. The van der Waals surface area contributed by atoms with Crippen LogP contribution < -0.4 is 21.5 Å². The molecule has 1 aliphatic heterocycles. The van der Waals surface area contributed by atoms with Gasteiger partial charge in [-0.05, 0) is 63.0 Å². The van der Waals surface area contributed by atoms with E-state index in [0.29, 0.717) is 38.0 Å². The van der Waals surface area contributed by atoms with Crippen LogP contribution in [0.15, 0.2) is 46.4 Å². The Morgan fingerprint density at radius 2 is 1.94 bits per heavy atom. The fourth-order valence-electron chi connectivity index (χ4n) is 3.94. The fraction of sp³-hybridized carbons (Fsp3) is 0.250. The highest BCUT2D eigenvalue weighted by Crippen LogP contribution is 2.35. The number of thiocarbonyl (C=S) groups is 1. The summed E-state index contributed by atoms with van der Waals surface area (Å²) in [7, 11) is 0. The van der Waals surface area contributed by atoms with Gasteiger partial charge in [0.15, 0.2) is 5.11 Å². The Morgan fingerprint density at radius 3 is 2.68 bits per heavy atom. The van der Waals surface area contributed by atoms with E-state index in [4.69, 9.17) is 17.0 Å². The number of esters is 1. The molecule has 0 saturated carbocycles. The molecule has 0 fully saturated rings. The van der Waals surface area contributed by atoms with Crippen LogP contribution in [0.1, 0.15) is 46.3 Å². The van der Waals surface area contributed by atoms with E-state index >= 15 is 0 Å². The molecular formula is C24H24N4O4S2. The van der Waals surface area contributed by atoms with Crippen molar-refractivity contribution in [3.63, 3.8) is 0 Å². The van der Waals surface area contributed by atoms with Gasteiger partial charge in [0.05, 0.1) is 23.8 Å². The molecule has 0 radical (unpaired) electrons. The lowest BCUT2D eigenvalue weighted by Crippen LogP contribution is -2.47. The van der Waals surface area contributed by atoms with Crippen LogP contribution in [0.3, 0.4) is 0 Å². The number of carbonyl (C=O) groups is 2. The van der Waals surface area contributed by atoms with Crippen molar-refractivity contribution in [2.24, 2.45) is 0 Å². The predicted molar refractivity (Wildman–Crippen MR) is 137 cm³/mol. The Bertz CT molecular complexity index is 1420. The molecular weight excluding hydrogens is 472 g/mol. The van der Waals surface area contributed by atoms with Crippen molar-refractivity contribution in [2.45, 2.75) is 33.7 Å². The summed E-state index contributed by atoms with van der Waals surface area (Å²) in [5, 5.41) is 10.4.